The Morgan fingerprint density at radius 3 is 1.30 bits per heavy atom. The summed E-state index contributed by atoms with van der Waals surface area (Å²) in [6, 6.07) is 10.8. The number of likely N-dealkylation sites (tertiary alicyclic amines) is 2. The molecule has 2 saturated heterocycles. The lowest BCUT2D eigenvalue weighted by molar-refractivity contribution is -0.153. The van der Waals surface area contributed by atoms with E-state index in [1.807, 2.05) is 0 Å². The van der Waals surface area contributed by atoms with E-state index in [2.05, 4.69) is 68.4 Å². The minimum Gasteiger partial charge on any atom is -0.473 e. The molecule has 32 heteroatoms. The van der Waals surface area contributed by atoms with Crippen LogP contribution in [0, 0.1) is 0 Å². The maximum atomic E-state index is 13.6. The van der Waals surface area contributed by atoms with Crippen molar-refractivity contribution in [2.75, 3.05) is 53.6 Å². The molecule has 20 nitrogen and oxygen atoms in total. The van der Waals surface area contributed by atoms with Crippen LogP contribution in [-0.4, -0.2) is 153 Å². The van der Waals surface area contributed by atoms with Gasteiger partial charge in [0.1, 0.15) is 32.2 Å². The number of piperidine rings is 2. The fourth-order valence-corrected chi connectivity index (χ4v) is 13.5. The number of alkyl halides is 6. The Kier molecular flexibility index (Phi) is 19.4. The van der Waals surface area contributed by atoms with Crippen LogP contribution >= 0.6 is 68.5 Å². The summed E-state index contributed by atoms with van der Waals surface area (Å²) < 4.78 is 113. The third-order valence-corrected chi connectivity index (χ3v) is 18.2. The van der Waals surface area contributed by atoms with Gasteiger partial charge in [0.2, 0.25) is 21.8 Å². The van der Waals surface area contributed by atoms with Gasteiger partial charge in [0, 0.05) is 62.5 Å². The summed E-state index contributed by atoms with van der Waals surface area (Å²) in [5.41, 5.74) is 0.859. The first-order valence-electron chi connectivity index (χ1n) is 26.0. The average molecular weight is 1290 g/mol. The molecule has 2 aliphatic heterocycles. The van der Waals surface area contributed by atoms with Crippen molar-refractivity contribution >= 4 is 114 Å². The largest absolute Gasteiger partial charge is 0.473 e. The molecule has 0 saturated carbocycles. The number of nitrogens with zero attached hydrogens (tertiary/aromatic N) is 8. The number of rotatable bonds is 18. The zero-order valence-electron chi connectivity index (χ0n) is 45.6. The second-order valence-electron chi connectivity index (χ2n) is 20.0. The number of carbonyl (C=O) groups excluding carboxylic acids is 4. The minimum atomic E-state index is -4.63. The Morgan fingerprint density at radius 1 is 0.619 bits per heavy atom. The maximum Gasteiger partial charge on any atom is 0.422 e. The molecule has 2 fully saturated rings. The van der Waals surface area contributed by atoms with Gasteiger partial charge in [-0.15, -0.1) is 22.7 Å². The predicted molar refractivity (Wildman–Crippen MR) is 303 cm³/mol. The lowest BCUT2D eigenvalue weighted by Crippen LogP contribution is -2.47. The number of carbonyl (C=O) groups is 4. The van der Waals surface area contributed by atoms with Gasteiger partial charge in [-0.25, -0.2) is 19.6 Å². The molecule has 452 valence electrons. The predicted octanol–water partition coefficient (Wildman–Crippen LogP) is 11.7. The van der Waals surface area contributed by atoms with E-state index < -0.39 is 49.3 Å². The number of aromatic nitrogens is 6. The standard InChI is InChI=1S/2C26H27ClF3N5O5S2/c2*1-13(2)34-8-6-14(7-9-34)31-23(36)22-32-19-20(21(24(37)38-3)42-25(19)39-12-26(28,29)30)35(22)11-15-10-16(40-33-15)17-4-5-18(27)41-17/h2*4-5,10,13-14H,6-9,11-12H2,1-3H3,(H,31,36). The summed E-state index contributed by atoms with van der Waals surface area (Å²) in [5, 5.41) is 13.7. The van der Waals surface area contributed by atoms with E-state index in [4.69, 9.17) is 51.2 Å². The average Bonchev–Trinajstić information content (AvgIpc) is 2.87. The highest BCUT2D eigenvalue weighted by Gasteiger charge is 2.36. The molecule has 10 rings (SSSR count). The van der Waals surface area contributed by atoms with Crippen LogP contribution in [-0.2, 0) is 22.6 Å². The lowest BCUT2D eigenvalue weighted by atomic mass is 10.0. The Morgan fingerprint density at radius 2 is 0.988 bits per heavy atom. The Balaban J connectivity index is 0.000000202. The van der Waals surface area contributed by atoms with Crippen molar-refractivity contribution in [3.63, 3.8) is 0 Å². The van der Waals surface area contributed by atoms with Crippen molar-refractivity contribution in [2.24, 2.45) is 0 Å². The van der Waals surface area contributed by atoms with Crippen molar-refractivity contribution in [2.45, 2.75) is 103 Å². The normalized spacial score (nSPS) is 15.0. The molecule has 2 amide bonds. The number of hydrogen-bond donors (Lipinski definition) is 2. The number of amides is 2. The summed E-state index contributed by atoms with van der Waals surface area (Å²) >= 11 is 16.0. The fraction of sp³-hybridized carbons (Fsp3) is 0.462. The van der Waals surface area contributed by atoms with Crippen molar-refractivity contribution in [1.82, 2.24) is 49.8 Å². The molecule has 0 aromatic carbocycles. The molecule has 0 unspecified atom stereocenters. The first-order valence-corrected chi connectivity index (χ1v) is 30.0. The van der Waals surface area contributed by atoms with Gasteiger partial charge in [-0.1, -0.05) is 56.2 Å². The second kappa shape index (κ2) is 26.1. The van der Waals surface area contributed by atoms with E-state index in [1.165, 1.54) is 31.8 Å². The summed E-state index contributed by atoms with van der Waals surface area (Å²) in [6.45, 7) is 8.34. The van der Waals surface area contributed by atoms with Crippen LogP contribution < -0.4 is 20.1 Å². The zero-order chi connectivity index (χ0) is 60.4. The lowest BCUT2D eigenvalue weighted by Gasteiger charge is -2.34. The first-order chi connectivity index (χ1) is 39.9. The van der Waals surface area contributed by atoms with Crippen LogP contribution in [0.2, 0.25) is 8.67 Å². The van der Waals surface area contributed by atoms with E-state index in [0.717, 1.165) is 75.8 Å². The first kappa shape index (κ1) is 62.3. The molecule has 2 aliphatic rings. The molecule has 8 aromatic rings. The van der Waals surface area contributed by atoms with Gasteiger partial charge in [-0.05, 0) is 77.6 Å². The highest BCUT2D eigenvalue weighted by Crippen LogP contribution is 2.42. The van der Waals surface area contributed by atoms with Crippen molar-refractivity contribution < 1.29 is 73.5 Å². The summed E-state index contributed by atoms with van der Waals surface area (Å²) in [6.07, 6.45) is -6.36. The molecule has 0 aliphatic carbocycles. The highest BCUT2D eigenvalue weighted by atomic mass is 35.5. The van der Waals surface area contributed by atoms with Crippen LogP contribution in [0.15, 0.2) is 45.4 Å². The molecule has 0 spiro atoms. The number of fused-ring (bicyclic) bond motifs is 2. The molecular weight excluding hydrogens is 1240 g/mol. The SMILES string of the molecule is COC(=O)c1sc(OCC(F)(F)F)c2nc(C(=O)NC3CCN(C(C)C)CC3)n(Cc3cc(-c4ccc(Cl)s4)on3)c12.COC(=O)c1sc(OCC(F)(F)F)c2nc(C(=O)NC3CCN(C(C)C)CC3)n(Cc3cc(-c4ccc(Cl)s4)on3)c12. The van der Waals surface area contributed by atoms with Crippen LogP contribution in [0.3, 0.4) is 0 Å². The number of methoxy groups -OCH3 is 2. The van der Waals surface area contributed by atoms with Crippen molar-refractivity contribution in [1.29, 1.82) is 0 Å². The third kappa shape index (κ3) is 14.7. The summed E-state index contributed by atoms with van der Waals surface area (Å²) in [5.74, 6) is -2.03. The second-order valence-corrected chi connectivity index (χ2v) is 25.4. The molecular formula is C52H54Cl2F6N10O10S4. The number of nitrogens with one attached hydrogen (secondary N) is 2. The van der Waals surface area contributed by atoms with E-state index in [9.17, 15) is 45.5 Å². The van der Waals surface area contributed by atoms with Gasteiger partial charge >= 0.3 is 24.3 Å². The number of halogens is 8. The fourth-order valence-electron chi connectivity index (χ4n) is 9.48. The minimum absolute atomic E-state index is 0.0572. The van der Waals surface area contributed by atoms with Gasteiger partial charge in [0.05, 0.1) is 56.8 Å². The number of ether oxygens (including phenoxy) is 4. The number of thiophene rings is 4. The van der Waals surface area contributed by atoms with Gasteiger partial charge in [-0.3, -0.25) is 9.59 Å². The highest BCUT2D eigenvalue weighted by molar-refractivity contribution is 7.20. The van der Waals surface area contributed by atoms with Crippen LogP contribution in [0.4, 0.5) is 26.3 Å². The third-order valence-electron chi connectivity index (χ3n) is 13.6. The Hall–Kier alpha value is -6.28. The van der Waals surface area contributed by atoms with Gasteiger partial charge < -0.3 is 57.6 Å². The van der Waals surface area contributed by atoms with Gasteiger partial charge in [-0.2, -0.15) is 26.3 Å². The molecule has 8 aromatic heterocycles. The summed E-state index contributed by atoms with van der Waals surface area (Å²) in [4.78, 5) is 67.5. The topological polar surface area (TPSA) is 223 Å². The number of esters is 2. The quantitative estimate of drug-likeness (QED) is 0.0602. The van der Waals surface area contributed by atoms with Crippen LogP contribution in [0.25, 0.3) is 43.3 Å². The van der Waals surface area contributed by atoms with E-state index in [0.29, 0.717) is 66.3 Å². The number of hydrogen-bond acceptors (Lipinski definition) is 20. The zero-order valence-corrected chi connectivity index (χ0v) is 50.4. The molecule has 10 heterocycles. The Bertz CT molecular complexity index is 3410. The van der Waals surface area contributed by atoms with Crippen molar-refractivity contribution in [3.8, 4) is 31.4 Å². The Labute approximate surface area is 500 Å². The van der Waals surface area contributed by atoms with Crippen molar-refractivity contribution in [3.05, 3.63) is 77.9 Å². The van der Waals surface area contributed by atoms with Gasteiger partial charge in [0.25, 0.3) is 11.8 Å². The molecule has 0 atom stereocenters. The van der Waals surface area contributed by atoms with Crippen LogP contribution in [0.1, 0.15) is 105 Å². The molecule has 2 N–H and O–H groups in total. The molecule has 84 heavy (non-hydrogen) atoms. The maximum absolute atomic E-state index is 13.6. The van der Waals surface area contributed by atoms with Crippen LogP contribution in [0.5, 0.6) is 10.1 Å². The summed E-state index contributed by atoms with van der Waals surface area (Å²) in [7, 11) is 2.30. The monoisotopic (exact) mass is 1290 g/mol. The molecule has 0 radical (unpaired) electrons. The smallest absolute Gasteiger partial charge is 0.422 e. The van der Waals surface area contributed by atoms with Gasteiger partial charge in [0.15, 0.2) is 24.7 Å². The number of imidazole rings is 2. The van der Waals surface area contributed by atoms with E-state index in [-0.39, 0.29) is 78.8 Å². The van der Waals surface area contributed by atoms with E-state index in [1.54, 1.807) is 36.4 Å². The molecule has 0 bridgehead atoms. The van der Waals surface area contributed by atoms with E-state index >= 15 is 0 Å².